The van der Waals surface area contributed by atoms with Gasteiger partial charge >= 0.3 is 0 Å². The molecule has 1 aliphatic rings. The fourth-order valence-electron chi connectivity index (χ4n) is 5.01. The number of benzene rings is 3. The highest BCUT2D eigenvalue weighted by Gasteiger charge is 2.31. The summed E-state index contributed by atoms with van der Waals surface area (Å²) in [6, 6.07) is 17.4. The number of amides is 1. The zero-order valence-electron chi connectivity index (χ0n) is 21.9. The Hall–Kier alpha value is -2.82. The van der Waals surface area contributed by atoms with E-state index in [4.69, 9.17) is 0 Å². The van der Waals surface area contributed by atoms with Gasteiger partial charge in [0.15, 0.2) is 0 Å². The Morgan fingerprint density at radius 3 is 2.41 bits per heavy atom. The second-order valence-corrected chi connectivity index (χ2v) is 12.4. The van der Waals surface area contributed by atoms with Gasteiger partial charge in [0, 0.05) is 19.0 Å². The second-order valence-electron chi connectivity index (χ2n) is 10.2. The van der Waals surface area contributed by atoms with Crippen molar-refractivity contribution in [2.45, 2.75) is 56.5 Å². The number of carbonyl (C=O) groups is 1. The van der Waals surface area contributed by atoms with Gasteiger partial charge in [-0.05, 0) is 59.2 Å². The molecule has 5 N–H and O–H groups in total. The molecule has 0 saturated carbocycles. The number of nitrogens with one attached hydrogen (secondary N) is 2. The van der Waals surface area contributed by atoms with Crippen molar-refractivity contribution in [3.05, 3.63) is 106 Å². The molecule has 0 aliphatic carbocycles. The number of aryl methyl sites for hydroxylation is 2. The molecule has 39 heavy (non-hydrogen) atoms. The fourth-order valence-corrected chi connectivity index (χ4v) is 6.72. The molecule has 0 unspecified atom stereocenters. The Morgan fingerprint density at radius 1 is 1.00 bits per heavy atom. The van der Waals surface area contributed by atoms with E-state index in [9.17, 15) is 27.8 Å². The molecule has 1 heterocycles. The molecule has 3 aromatic rings. The van der Waals surface area contributed by atoms with E-state index in [-0.39, 0.29) is 36.8 Å². The van der Waals surface area contributed by atoms with Crippen LogP contribution in [0.3, 0.4) is 0 Å². The average molecular weight is 559 g/mol. The van der Waals surface area contributed by atoms with Crippen LogP contribution < -0.4 is 10.6 Å². The molecule has 9 heteroatoms. The molecule has 0 spiro atoms. The molecule has 1 aliphatic heterocycles. The summed E-state index contributed by atoms with van der Waals surface area (Å²) in [6.45, 7) is 2.07. The number of hydrogen-bond acceptors (Lipinski definition) is 5. The van der Waals surface area contributed by atoms with E-state index in [0.29, 0.717) is 12.0 Å². The van der Waals surface area contributed by atoms with Crippen molar-refractivity contribution in [1.82, 2.24) is 10.6 Å². The molecule has 0 radical (unpaired) electrons. The standard InChI is InChI=1S/C30H36F2N2O4S/c1-2-20-8-10-23-18-39(37,38)19-28(26(23)14-20)33-17-29(35)27(15-22-12-24(31)16-25(32)13-22)34-30(36)11-9-21-6-4-3-5-7-21/h3-8,10,12-14,16,27-29,33,35,37-38H,2,9,11,15,17-19H2,1H3,(H,34,36)/t27-,28-,29+/m0/s1. The maximum absolute atomic E-state index is 13.9. The first-order valence-corrected chi connectivity index (χ1v) is 15.1. The van der Waals surface area contributed by atoms with Crippen LogP contribution in [0.5, 0.6) is 0 Å². The summed E-state index contributed by atoms with van der Waals surface area (Å²) in [4.78, 5) is 12.8. The predicted molar refractivity (Wildman–Crippen MR) is 151 cm³/mol. The number of hydrogen-bond donors (Lipinski definition) is 5. The largest absolute Gasteiger partial charge is 0.390 e. The molecule has 3 aromatic carbocycles. The lowest BCUT2D eigenvalue weighted by atomic mass is 9.97. The molecule has 0 aromatic heterocycles. The van der Waals surface area contributed by atoms with E-state index in [1.807, 2.05) is 55.5 Å². The Labute approximate surface area is 229 Å². The molecule has 1 amide bonds. The number of aliphatic hydroxyl groups excluding tert-OH is 1. The Kier molecular flexibility index (Phi) is 9.74. The molecular weight excluding hydrogens is 522 g/mol. The Balaban J connectivity index is 1.48. The maximum Gasteiger partial charge on any atom is 0.220 e. The highest BCUT2D eigenvalue weighted by molar-refractivity contribution is 8.23. The van der Waals surface area contributed by atoms with Gasteiger partial charge in [-0.2, -0.15) is 10.6 Å². The third-order valence-corrected chi connectivity index (χ3v) is 8.70. The number of rotatable bonds is 11. The van der Waals surface area contributed by atoms with Gasteiger partial charge < -0.3 is 15.7 Å². The van der Waals surface area contributed by atoms with Crippen LogP contribution in [0.4, 0.5) is 8.78 Å². The molecule has 4 rings (SSSR count). The fraction of sp³-hybridized carbons (Fsp3) is 0.367. The Morgan fingerprint density at radius 2 is 1.72 bits per heavy atom. The minimum atomic E-state index is -2.84. The van der Waals surface area contributed by atoms with Crippen LogP contribution in [0.2, 0.25) is 0 Å². The van der Waals surface area contributed by atoms with E-state index in [1.165, 1.54) is 12.1 Å². The van der Waals surface area contributed by atoms with Crippen molar-refractivity contribution >= 4 is 16.5 Å². The summed E-state index contributed by atoms with van der Waals surface area (Å²) < 4.78 is 48.8. The average Bonchev–Trinajstić information content (AvgIpc) is 2.89. The quantitative estimate of drug-likeness (QED) is 0.224. The molecule has 0 bridgehead atoms. The van der Waals surface area contributed by atoms with Gasteiger partial charge in [0.2, 0.25) is 5.91 Å². The minimum absolute atomic E-state index is 0.0189. The minimum Gasteiger partial charge on any atom is -0.390 e. The summed E-state index contributed by atoms with van der Waals surface area (Å²) in [7, 11) is -2.84. The van der Waals surface area contributed by atoms with E-state index in [1.54, 1.807) is 0 Å². The van der Waals surface area contributed by atoms with Gasteiger partial charge in [0.1, 0.15) is 11.6 Å². The SMILES string of the molecule is CCc1ccc2c(c1)[C@@H](NC[C@@H](O)[C@H](Cc1cc(F)cc(F)c1)NC(=O)CCc1ccccc1)CS(O)(O)C2. The van der Waals surface area contributed by atoms with Gasteiger partial charge in [0.05, 0.1) is 29.7 Å². The van der Waals surface area contributed by atoms with Crippen molar-refractivity contribution in [2.75, 3.05) is 12.3 Å². The molecular formula is C30H36F2N2O4S. The lowest BCUT2D eigenvalue weighted by molar-refractivity contribution is -0.122. The van der Waals surface area contributed by atoms with Gasteiger partial charge in [0.25, 0.3) is 0 Å². The van der Waals surface area contributed by atoms with E-state index in [0.717, 1.165) is 34.7 Å². The van der Waals surface area contributed by atoms with Crippen LogP contribution in [-0.4, -0.2) is 44.6 Å². The van der Waals surface area contributed by atoms with Gasteiger partial charge in [-0.15, -0.1) is 0 Å². The second kappa shape index (κ2) is 13.0. The van der Waals surface area contributed by atoms with E-state index in [2.05, 4.69) is 10.6 Å². The van der Waals surface area contributed by atoms with Crippen LogP contribution in [0.25, 0.3) is 0 Å². The lowest BCUT2D eigenvalue weighted by Gasteiger charge is -2.42. The van der Waals surface area contributed by atoms with E-state index < -0.39 is 40.4 Å². The Bertz CT molecular complexity index is 1250. The lowest BCUT2D eigenvalue weighted by Crippen LogP contribution is -2.49. The van der Waals surface area contributed by atoms with Crippen molar-refractivity contribution in [3.8, 4) is 0 Å². The topological polar surface area (TPSA) is 102 Å². The molecule has 210 valence electrons. The van der Waals surface area contributed by atoms with Crippen LogP contribution in [0, 0.1) is 11.6 Å². The maximum atomic E-state index is 13.9. The summed E-state index contributed by atoms with van der Waals surface area (Å²) in [5, 5.41) is 17.3. The summed E-state index contributed by atoms with van der Waals surface area (Å²) in [5.74, 6) is -1.45. The third kappa shape index (κ3) is 8.33. The third-order valence-electron chi connectivity index (χ3n) is 7.06. The van der Waals surface area contributed by atoms with Crippen LogP contribution >= 0.6 is 10.6 Å². The summed E-state index contributed by atoms with van der Waals surface area (Å²) >= 11 is 0. The normalized spacial score (nSPS) is 18.6. The van der Waals surface area contributed by atoms with Gasteiger partial charge in [-0.25, -0.2) is 8.78 Å². The number of carbonyl (C=O) groups excluding carboxylic acids is 1. The number of halogens is 2. The summed E-state index contributed by atoms with van der Waals surface area (Å²) in [5.41, 5.74) is 4.25. The number of aliphatic hydroxyl groups is 1. The highest BCUT2D eigenvalue weighted by Crippen LogP contribution is 2.50. The van der Waals surface area contributed by atoms with Crippen LogP contribution in [0.15, 0.2) is 66.7 Å². The monoisotopic (exact) mass is 558 g/mol. The van der Waals surface area contributed by atoms with Gasteiger partial charge in [-0.1, -0.05) is 55.5 Å². The zero-order valence-corrected chi connectivity index (χ0v) is 22.8. The zero-order chi connectivity index (χ0) is 28.0. The van der Waals surface area contributed by atoms with E-state index >= 15 is 0 Å². The first-order valence-electron chi connectivity index (χ1n) is 13.2. The van der Waals surface area contributed by atoms with Crippen LogP contribution in [0.1, 0.15) is 47.2 Å². The predicted octanol–water partition coefficient (Wildman–Crippen LogP) is 5.14. The number of fused-ring (bicyclic) bond motifs is 1. The van der Waals surface area contributed by atoms with Crippen molar-refractivity contribution in [2.24, 2.45) is 0 Å². The van der Waals surface area contributed by atoms with Crippen LogP contribution in [-0.2, 0) is 29.8 Å². The van der Waals surface area contributed by atoms with Crippen molar-refractivity contribution in [1.29, 1.82) is 0 Å². The molecule has 0 saturated heterocycles. The van der Waals surface area contributed by atoms with Crippen molar-refractivity contribution < 1.29 is 27.8 Å². The first-order chi connectivity index (χ1) is 18.6. The molecule has 6 nitrogen and oxygen atoms in total. The van der Waals surface area contributed by atoms with Gasteiger partial charge in [-0.3, -0.25) is 13.9 Å². The molecule has 3 atom stereocenters. The summed E-state index contributed by atoms with van der Waals surface area (Å²) in [6.07, 6.45) is 0.442. The first kappa shape index (κ1) is 29.2. The molecule has 0 fully saturated rings. The smallest absolute Gasteiger partial charge is 0.220 e. The highest BCUT2D eigenvalue weighted by atomic mass is 32.3. The van der Waals surface area contributed by atoms with Crippen molar-refractivity contribution in [3.63, 3.8) is 0 Å².